The van der Waals surface area contributed by atoms with E-state index in [0.29, 0.717) is 30.4 Å². The lowest BCUT2D eigenvalue weighted by molar-refractivity contribution is -0.129. The van der Waals surface area contributed by atoms with Gasteiger partial charge in [0.25, 0.3) is 0 Å². The summed E-state index contributed by atoms with van der Waals surface area (Å²) in [6.07, 6.45) is 2.16. The number of rotatable bonds is 6. The van der Waals surface area contributed by atoms with E-state index in [0.717, 1.165) is 13.0 Å². The molecule has 1 unspecified atom stereocenters. The lowest BCUT2D eigenvalue weighted by Gasteiger charge is -2.26. The van der Waals surface area contributed by atoms with Crippen LogP contribution in [-0.2, 0) is 11.2 Å². The quantitative estimate of drug-likeness (QED) is 0.816. The van der Waals surface area contributed by atoms with Gasteiger partial charge in [-0.3, -0.25) is 4.79 Å². The number of carbonyl (C=O) groups is 1. The Morgan fingerprint density at radius 2 is 2.14 bits per heavy atom. The zero-order valence-corrected chi connectivity index (χ0v) is 13.5. The van der Waals surface area contributed by atoms with Gasteiger partial charge >= 0.3 is 0 Å². The van der Waals surface area contributed by atoms with Gasteiger partial charge in [-0.25, -0.2) is 0 Å². The maximum absolute atomic E-state index is 12.1. The van der Waals surface area contributed by atoms with Crippen LogP contribution in [0.1, 0.15) is 25.3 Å². The Balaban J connectivity index is 1.88. The fourth-order valence-corrected chi connectivity index (χ4v) is 2.87. The Bertz CT molecular complexity index is 532. The largest absolute Gasteiger partial charge is 0.393 e. The zero-order valence-electron chi connectivity index (χ0n) is 12.7. The van der Waals surface area contributed by atoms with E-state index in [9.17, 15) is 4.79 Å². The van der Waals surface area contributed by atoms with Crippen molar-refractivity contribution in [2.75, 3.05) is 25.0 Å². The molecular weight excluding hydrogens is 282 g/mol. The highest BCUT2D eigenvalue weighted by Gasteiger charge is 2.25. The van der Waals surface area contributed by atoms with Crippen molar-refractivity contribution in [2.45, 2.75) is 32.2 Å². The van der Waals surface area contributed by atoms with Gasteiger partial charge in [-0.1, -0.05) is 30.4 Å². The van der Waals surface area contributed by atoms with Gasteiger partial charge in [0.2, 0.25) is 5.91 Å². The minimum Gasteiger partial charge on any atom is -0.393 e. The molecule has 0 saturated heterocycles. The van der Waals surface area contributed by atoms with Gasteiger partial charge in [0.15, 0.2) is 0 Å². The van der Waals surface area contributed by atoms with E-state index in [4.69, 9.17) is 18.0 Å². The summed E-state index contributed by atoms with van der Waals surface area (Å²) in [5.74, 6) is 0.142. The summed E-state index contributed by atoms with van der Waals surface area (Å²) in [4.78, 5) is 16.6. The maximum atomic E-state index is 12.1. The van der Waals surface area contributed by atoms with Gasteiger partial charge in [-0.05, 0) is 25.0 Å². The number of carbonyl (C=O) groups excluding carboxylic acids is 1. The van der Waals surface area contributed by atoms with E-state index in [1.807, 2.05) is 7.05 Å². The molecular formula is C16H23N3OS. The Labute approximate surface area is 131 Å². The molecule has 0 aliphatic carbocycles. The van der Waals surface area contributed by atoms with Gasteiger partial charge in [-0.2, -0.15) is 0 Å². The van der Waals surface area contributed by atoms with Crippen molar-refractivity contribution in [3.63, 3.8) is 0 Å². The molecule has 0 fully saturated rings. The molecule has 1 heterocycles. The fraction of sp³-hybridized carbons (Fsp3) is 0.500. The molecule has 4 nitrogen and oxygen atoms in total. The first-order chi connectivity index (χ1) is 9.99. The molecule has 1 atom stereocenters. The Hall–Kier alpha value is -1.62. The second kappa shape index (κ2) is 6.89. The zero-order chi connectivity index (χ0) is 15.4. The van der Waals surface area contributed by atoms with Crippen LogP contribution < -0.4 is 10.6 Å². The van der Waals surface area contributed by atoms with Gasteiger partial charge in [-0.15, -0.1) is 0 Å². The molecule has 0 bridgehead atoms. The van der Waals surface area contributed by atoms with Gasteiger partial charge in [0.1, 0.15) is 0 Å². The van der Waals surface area contributed by atoms with E-state index >= 15 is 0 Å². The van der Waals surface area contributed by atoms with Crippen LogP contribution in [0.3, 0.4) is 0 Å². The van der Waals surface area contributed by atoms with Crippen LogP contribution in [0.15, 0.2) is 24.3 Å². The van der Waals surface area contributed by atoms with Crippen molar-refractivity contribution in [1.82, 2.24) is 4.90 Å². The molecule has 1 aliphatic rings. The summed E-state index contributed by atoms with van der Waals surface area (Å²) in [6.45, 7) is 3.57. The first-order valence-corrected chi connectivity index (χ1v) is 7.76. The third-order valence-electron chi connectivity index (χ3n) is 4.03. The van der Waals surface area contributed by atoms with Crippen molar-refractivity contribution in [1.29, 1.82) is 0 Å². The number of hydrogen-bond donors (Lipinski definition) is 1. The standard InChI is InChI=1S/C16H23N3OS/c1-12-11-13-5-3-4-6-14(13)19(12)10-8-16(20)18(2)9-7-15(17)21/h3-6,12H,7-11H2,1-2H3,(H2,17,21). The van der Waals surface area contributed by atoms with Crippen LogP contribution in [0, 0.1) is 0 Å². The molecule has 0 aromatic heterocycles. The molecule has 0 spiro atoms. The maximum Gasteiger partial charge on any atom is 0.224 e. The van der Waals surface area contributed by atoms with Crippen LogP contribution in [0.5, 0.6) is 0 Å². The van der Waals surface area contributed by atoms with Gasteiger partial charge in [0.05, 0.1) is 4.99 Å². The number of nitrogens with zero attached hydrogens (tertiary/aromatic N) is 2. The molecule has 2 N–H and O–H groups in total. The highest BCUT2D eigenvalue weighted by atomic mass is 32.1. The number of para-hydroxylation sites is 1. The number of amides is 1. The number of hydrogen-bond acceptors (Lipinski definition) is 3. The van der Waals surface area contributed by atoms with E-state index in [1.165, 1.54) is 11.3 Å². The van der Waals surface area contributed by atoms with E-state index < -0.39 is 0 Å². The van der Waals surface area contributed by atoms with Crippen molar-refractivity contribution in [2.24, 2.45) is 5.73 Å². The predicted octanol–water partition coefficient (Wildman–Crippen LogP) is 1.96. The monoisotopic (exact) mass is 305 g/mol. The van der Waals surface area contributed by atoms with Crippen molar-refractivity contribution < 1.29 is 4.79 Å². The molecule has 0 saturated carbocycles. The highest BCUT2D eigenvalue weighted by Crippen LogP contribution is 2.31. The van der Waals surface area contributed by atoms with E-state index in [-0.39, 0.29) is 5.91 Å². The average molecular weight is 305 g/mol. The van der Waals surface area contributed by atoms with Crippen molar-refractivity contribution in [3.05, 3.63) is 29.8 Å². The molecule has 1 aromatic carbocycles. The smallest absolute Gasteiger partial charge is 0.224 e. The first kappa shape index (κ1) is 15.8. The summed E-state index contributed by atoms with van der Waals surface area (Å²) in [5.41, 5.74) is 8.11. The fourth-order valence-electron chi connectivity index (χ4n) is 2.78. The van der Waals surface area contributed by atoms with Crippen LogP contribution in [0.25, 0.3) is 0 Å². The molecule has 2 rings (SSSR count). The first-order valence-electron chi connectivity index (χ1n) is 7.36. The van der Waals surface area contributed by atoms with Crippen LogP contribution >= 0.6 is 12.2 Å². The van der Waals surface area contributed by atoms with Crippen molar-refractivity contribution >= 4 is 28.8 Å². The number of fused-ring (bicyclic) bond motifs is 1. The topological polar surface area (TPSA) is 49.6 Å². The lowest BCUT2D eigenvalue weighted by atomic mass is 10.1. The Morgan fingerprint density at radius 1 is 1.43 bits per heavy atom. The van der Waals surface area contributed by atoms with Crippen molar-refractivity contribution in [3.8, 4) is 0 Å². The minimum absolute atomic E-state index is 0.142. The van der Waals surface area contributed by atoms with Crippen LogP contribution in [-0.4, -0.2) is 42.0 Å². The Morgan fingerprint density at radius 3 is 2.86 bits per heavy atom. The summed E-state index contributed by atoms with van der Waals surface area (Å²) >= 11 is 4.84. The summed E-state index contributed by atoms with van der Waals surface area (Å²) in [7, 11) is 1.81. The third-order valence-corrected chi connectivity index (χ3v) is 4.24. The number of thiocarbonyl (C=S) groups is 1. The molecule has 0 radical (unpaired) electrons. The summed E-state index contributed by atoms with van der Waals surface area (Å²) in [6, 6.07) is 8.89. The summed E-state index contributed by atoms with van der Waals surface area (Å²) < 4.78 is 0. The lowest BCUT2D eigenvalue weighted by Crippen LogP contribution is -2.36. The van der Waals surface area contributed by atoms with Crippen LogP contribution in [0.4, 0.5) is 5.69 Å². The van der Waals surface area contributed by atoms with E-state index in [2.05, 4.69) is 36.1 Å². The normalized spacial score (nSPS) is 16.7. The van der Waals surface area contributed by atoms with Crippen LogP contribution in [0.2, 0.25) is 0 Å². The molecule has 1 aromatic rings. The SMILES string of the molecule is CC1Cc2ccccc2N1CCC(=O)N(C)CCC(N)=S. The predicted molar refractivity (Wildman–Crippen MR) is 90.6 cm³/mol. The number of anilines is 1. The second-order valence-corrected chi connectivity index (χ2v) is 6.18. The average Bonchev–Trinajstić information content (AvgIpc) is 2.77. The minimum atomic E-state index is 0.142. The van der Waals surface area contributed by atoms with Gasteiger partial charge < -0.3 is 15.5 Å². The molecule has 21 heavy (non-hydrogen) atoms. The molecule has 114 valence electrons. The second-order valence-electron chi connectivity index (χ2n) is 5.66. The number of nitrogens with two attached hydrogens (primary N) is 1. The summed E-state index contributed by atoms with van der Waals surface area (Å²) in [5, 5.41) is 0. The number of benzene rings is 1. The molecule has 1 aliphatic heterocycles. The highest BCUT2D eigenvalue weighted by molar-refractivity contribution is 7.80. The van der Waals surface area contributed by atoms with Gasteiger partial charge in [0, 0.05) is 44.7 Å². The Kier molecular flexibility index (Phi) is 5.17. The molecule has 5 heteroatoms. The molecule has 1 amide bonds. The van der Waals surface area contributed by atoms with E-state index in [1.54, 1.807) is 4.90 Å². The third kappa shape index (κ3) is 3.94.